The highest BCUT2D eigenvalue weighted by Crippen LogP contribution is 2.29. The van der Waals surface area contributed by atoms with E-state index in [1.165, 1.54) is 13.4 Å². The predicted octanol–water partition coefficient (Wildman–Crippen LogP) is 1.02. The molecule has 3 rings (SSSR count). The van der Waals surface area contributed by atoms with Crippen LogP contribution in [0.3, 0.4) is 0 Å². The Morgan fingerprint density at radius 3 is 2.56 bits per heavy atom. The highest BCUT2D eigenvalue weighted by Gasteiger charge is 2.19. The molecule has 1 aromatic heterocycles. The van der Waals surface area contributed by atoms with Gasteiger partial charge in [0.15, 0.2) is 0 Å². The minimum Gasteiger partial charge on any atom is -0.497 e. The van der Waals surface area contributed by atoms with Gasteiger partial charge in [-0.25, -0.2) is 9.97 Å². The van der Waals surface area contributed by atoms with Gasteiger partial charge in [0.1, 0.15) is 29.3 Å². The molecule has 1 saturated heterocycles. The fourth-order valence-electron chi connectivity index (χ4n) is 2.80. The number of carbonyl (C=O) groups is 2. The molecule has 2 aromatic rings. The molecule has 0 spiro atoms. The van der Waals surface area contributed by atoms with Crippen LogP contribution in [0.5, 0.6) is 11.5 Å². The number of nitrogens with one attached hydrogen (secondary N) is 1. The van der Waals surface area contributed by atoms with Crippen molar-refractivity contribution in [2.75, 3.05) is 50.6 Å². The van der Waals surface area contributed by atoms with Crippen molar-refractivity contribution in [1.29, 1.82) is 0 Å². The number of hydrogen-bond donors (Lipinski definition) is 1. The topological polar surface area (TPSA) is 96.9 Å². The van der Waals surface area contributed by atoms with Gasteiger partial charge in [0, 0.05) is 38.3 Å². The molecule has 2 heterocycles. The molecule has 1 aliphatic heterocycles. The van der Waals surface area contributed by atoms with E-state index in [1.54, 1.807) is 36.3 Å². The van der Waals surface area contributed by atoms with Crippen LogP contribution in [-0.2, 0) is 4.79 Å². The lowest BCUT2D eigenvalue weighted by Crippen LogP contribution is -2.46. The molecular weight excluding hydrogens is 350 g/mol. The van der Waals surface area contributed by atoms with E-state index in [1.807, 2.05) is 4.90 Å². The molecular formula is C18H21N5O4. The molecule has 1 aliphatic rings. The third-order valence-corrected chi connectivity index (χ3v) is 4.33. The minimum atomic E-state index is -0.378. The normalized spacial score (nSPS) is 13.9. The zero-order valence-corrected chi connectivity index (χ0v) is 15.2. The van der Waals surface area contributed by atoms with Crippen LogP contribution in [-0.4, -0.2) is 67.6 Å². The van der Waals surface area contributed by atoms with Gasteiger partial charge in [0.05, 0.1) is 19.9 Å². The Hall–Kier alpha value is -3.36. The van der Waals surface area contributed by atoms with Gasteiger partial charge in [-0.15, -0.1) is 0 Å². The SMILES string of the molecule is COc1ccc(OC)c(NC(=O)c2cc(N3CCN(C=O)CC3)ncn2)c1. The Labute approximate surface area is 156 Å². The number of amides is 2. The first-order valence-electron chi connectivity index (χ1n) is 8.44. The van der Waals surface area contributed by atoms with Gasteiger partial charge in [-0.05, 0) is 12.1 Å². The maximum Gasteiger partial charge on any atom is 0.274 e. The summed E-state index contributed by atoms with van der Waals surface area (Å²) in [5.74, 6) is 1.39. The number of rotatable bonds is 6. The molecule has 9 nitrogen and oxygen atoms in total. The number of methoxy groups -OCH3 is 2. The number of nitrogens with zero attached hydrogens (tertiary/aromatic N) is 4. The first-order chi connectivity index (χ1) is 13.1. The molecule has 9 heteroatoms. The van der Waals surface area contributed by atoms with Crippen LogP contribution in [0.2, 0.25) is 0 Å². The summed E-state index contributed by atoms with van der Waals surface area (Å²) in [4.78, 5) is 35.5. The number of piperazine rings is 1. The lowest BCUT2D eigenvalue weighted by molar-refractivity contribution is -0.118. The molecule has 27 heavy (non-hydrogen) atoms. The van der Waals surface area contributed by atoms with Gasteiger partial charge in [-0.3, -0.25) is 9.59 Å². The van der Waals surface area contributed by atoms with Gasteiger partial charge in [0.25, 0.3) is 5.91 Å². The third kappa shape index (κ3) is 4.25. The van der Waals surface area contributed by atoms with Crippen molar-refractivity contribution in [3.63, 3.8) is 0 Å². The van der Waals surface area contributed by atoms with E-state index in [-0.39, 0.29) is 11.6 Å². The maximum absolute atomic E-state index is 12.6. The van der Waals surface area contributed by atoms with E-state index < -0.39 is 0 Å². The molecule has 0 saturated carbocycles. The quantitative estimate of drug-likeness (QED) is 0.757. The Bertz CT molecular complexity index is 821. The van der Waals surface area contributed by atoms with Crippen molar-refractivity contribution in [2.45, 2.75) is 0 Å². The van der Waals surface area contributed by atoms with Gasteiger partial charge in [-0.2, -0.15) is 0 Å². The van der Waals surface area contributed by atoms with E-state index in [0.717, 1.165) is 6.41 Å². The molecule has 2 amide bonds. The molecule has 0 radical (unpaired) electrons. The second-order valence-electron chi connectivity index (χ2n) is 5.91. The van der Waals surface area contributed by atoms with Crippen LogP contribution < -0.4 is 19.7 Å². The monoisotopic (exact) mass is 371 g/mol. The van der Waals surface area contributed by atoms with Gasteiger partial charge in [-0.1, -0.05) is 0 Å². The summed E-state index contributed by atoms with van der Waals surface area (Å²) in [6.07, 6.45) is 2.21. The lowest BCUT2D eigenvalue weighted by Gasteiger charge is -2.33. The molecule has 0 atom stereocenters. The fraction of sp³-hybridized carbons (Fsp3) is 0.333. The van der Waals surface area contributed by atoms with Crippen molar-refractivity contribution in [2.24, 2.45) is 0 Å². The van der Waals surface area contributed by atoms with E-state index in [4.69, 9.17) is 9.47 Å². The number of ether oxygens (including phenoxy) is 2. The number of carbonyl (C=O) groups excluding carboxylic acids is 2. The first-order valence-corrected chi connectivity index (χ1v) is 8.44. The second-order valence-corrected chi connectivity index (χ2v) is 5.91. The van der Waals surface area contributed by atoms with Crippen LogP contribution in [0, 0.1) is 0 Å². The molecule has 1 aromatic carbocycles. The molecule has 1 N–H and O–H groups in total. The van der Waals surface area contributed by atoms with E-state index >= 15 is 0 Å². The van der Waals surface area contributed by atoms with Crippen LogP contribution in [0.4, 0.5) is 11.5 Å². The average Bonchev–Trinajstić information content (AvgIpc) is 2.73. The standard InChI is InChI=1S/C18H21N5O4/c1-26-13-3-4-16(27-2)14(9-13)21-18(25)15-10-17(20-11-19-15)23-7-5-22(12-24)6-8-23/h3-4,9-12H,5-8H2,1-2H3,(H,21,25). The maximum atomic E-state index is 12.6. The second kappa shape index (κ2) is 8.35. The van der Waals surface area contributed by atoms with Crippen molar-refractivity contribution < 1.29 is 19.1 Å². The lowest BCUT2D eigenvalue weighted by atomic mass is 10.2. The summed E-state index contributed by atoms with van der Waals surface area (Å²) in [6, 6.07) is 6.78. The Kier molecular flexibility index (Phi) is 5.70. The highest BCUT2D eigenvalue weighted by molar-refractivity contribution is 6.04. The Morgan fingerprint density at radius 2 is 1.89 bits per heavy atom. The van der Waals surface area contributed by atoms with Crippen LogP contribution in [0.1, 0.15) is 10.5 Å². The van der Waals surface area contributed by atoms with Gasteiger partial charge < -0.3 is 24.6 Å². The van der Waals surface area contributed by atoms with Crippen molar-refractivity contribution in [3.05, 3.63) is 36.3 Å². The fourth-order valence-corrected chi connectivity index (χ4v) is 2.80. The molecule has 0 aliphatic carbocycles. The highest BCUT2D eigenvalue weighted by atomic mass is 16.5. The van der Waals surface area contributed by atoms with Crippen molar-refractivity contribution in [3.8, 4) is 11.5 Å². The smallest absolute Gasteiger partial charge is 0.274 e. The Balaban J connectivity index is 1.75. The summed E-state index contributed by atoms with van der Waals surface area (Å²) in [5.41, 5.74) is 0.726. The summed E-state index contributed by atoms with van der Waals surface area (Å²) < 4.78 is 10.5. The van der Waals surface area contributed by atoms with Crippen molar-refractivity contribution >= 4 is 23.8 Å². The third-order valence-electron chi connectivity index (χ3n) is 4.33. The van der Waals surface area contributed by atoms with Crippen LogP contribution >= 0.6 is 0 Å². The van der Waals surface area contributed by atoms with E-state index in [0.29, 0.717) is 49.2 Å². The van der Waals surface area contributed by atoms with E-state index in [2.05, 4.69) is 15.3 Å². The molecule has 0 unspecified atom stereocenters. The average molecular weight is 371 g/mol. The molecule has 142 valence electrons. The summed E-state index contributed by atoms with van der Waals surface area (Å²) in [6.45, 7) is 2.55. The minimum absolute atomic E-state index is 0.239. The zero-order chi connectivity index (χ0) is 19.2. The van der Waals surface area contributed by atoms with Gasteiger partial charge in [0.2, 0.25) is 6.41 Å². The van der Waals surface area contributed by atoms with Crippen molar-refractivity contribution in [1.82, 2.24) is 14.9 Å². The zero-order valence-electron chi connectivity index (χ0n) is 15.2. The number of anilines is 2. The van der Waals surface area contributed by atoms with E-state index in [9.17, 15) is 9.59 Å². The number of aromatic nitrogens is 2. The van der Waals surface area contributed by atoms with Gasteiger partial charge >= 0.3 is 0 Å². The number of benzene rings is 1. The Morgan fingerprint density at radius 1 is 1.11 bits per heavy atom. The molecule has 1 fully saturated rings. The largest absolute Gasteiger partial charge is 0.497 e. The first kappa shape index (κ1) is 18.4. The van der Waals surface area contributed by atoms with Crippen LogP contribution in [0.15, 0.2) is 30.6 Å². The summed E-state index contributed by atoms with van der Waals surface area (Å²) >= 11 is 0. The summed E-state index contributed by atoms with van der Waals surface area (Å²) in [7, 11) is 3.08. The van der Waals surface area contributed by atoms with Crippen LogP contribution in [0.25, 0.3) is 0 Å². The number of hydrogen-bond acceptors (Lipinski definition) is 7. The summed E-state index contributed by atoms with van der Waals surface area (Å²) in [5, 5.41) is 2.79. The molecule has 0 bridgehead atoms. The predicted molar refractivity (Wildman–Crippen MR) is 99.4 cm³/mol.